The predicted molar refractivity (Wildman–Crippen MR) is 80.5 cm³/mol. The molecule has 1 aliphatic rings. The SMILES string of the molecule is CN(CCCCCNC1CC1)Cc1ccc(Cl)s1. The Balaban J connectivity index is 1.47. The van der Waals surface area contributed by atoms with Crippen LogP contribution >= 0.6 is 22.9 Å². The lowest BCUT2D eigenvalue weighted by Gasteiger charge is -2.15. The van der Waals surface area contributed by atoms with Crippen molar-refractivity contribution < 1.29 is 0 Å². The van der Waals surface area contributed by atoms with Gasteiger partial charge in [-0.2, -0.15) is 0 Å². The van der Waals surface area contributed by atoms with E-state index < -0.39 is 0 Å². The first-order valence-electron chi connectivity index (χ1n) is 6.90. The van der Waals surface area contributed by atoms with Gasteiger partial charge in [-0.05, 0) is 58.0 Å². The summed E-state index contributed by atoms with van der Waals surface area (Å²) in [5.41, 5.74) is 0. The molecule has 2 nitrogen and oxygen atoms in total. The molecule has 0 unspecified atom stereocenters. The molecule has 2 rings (SSSR count). The average Bonchev–Trinajstić information content (AvgIpc) is 3.07. The smallest absolute Gasteiger partial charge is 0.0931 e. The summed E-state index contributed by atoms with van der Waals surface area (Å²) < 4.78 is 0.893. The van der Waals surface area contributed by atoms with Gasteiger partial charge in [-0.3, -0.25) is 0 Å². The van der Waals surface area contributed by atoms with E-state index in [0.29, 0.717) is 0 Å². The first-order valence-corrected chi connectivity index (χ1v) is 8.09. The Kier molecular flexibility index (Phi) is 5.96. The summed E-state index contributed by atoms with van der Waals surface area (Å²) in [5.74, 6) is 0. The van der Waals surface area contributed by atoms with Crippen molar-refractivity contribution in [2.75, 3.05) is 20.1 Å². The number of halogens is 1. The van der Waals surface area contributed by atoms with Crippen LogP contribution in [0.1, 0.15) is 37.0 Å². The summed E-state index contributed by atoms with van der Waals surface area (Å²) in [5, 5.41) is 3.56. The van der Waals surface area contributed by atoms with Gasteiger partial charge in [0.15, 0.2) is 0 Å². The van der Waals surface area contributed by atoms with Gasteiger partial charge in [0.25, 0.3) is 0 Å². The number of hydrogen-bond acceptors (Lipinski definition) is 3. The van der Waals surface area contributed by atoms with Crippen molar-refractivity contribution in [3.63, 3.8) is 0 Å². The fourth-order valence-corrected chi connectivity index (χ4v) is 3.23. The Hall–Kier alpha value is -0.0900. The molecular formula is C14H23ClN2S. The number of nitrogens with zero attached hydrogens (tertiary/aromatic N) is 1. The van der Waals surface area contributed by atoms with Gasteiger partial charge in [-0.1, -0.05) is 18.0 Å². The fraction of sp³-hybridized carbons (Fsp3) is 0.714. The molecule has 1 saturated carbocycles. The Labute approximate surface area is 119 Å². The zero-order valence-corrected chi connectivity index (χ0v) is 12.7. The standard InChI is InChI=1S/C14H23ClN2S/c1-17(11-13-7-8-14(15)18-13)10-4-2-3-9-16-12-5-6-12/h7-8,12,16H,2-6,9-11H2,1H3. The molecule has 102 valence electrons. The molecule has 1 heterocycles. The normalized spacial score (nSPS) is 15.5. The predicted octanol–water partition coefficient (Wildman–Crippen LogP) is 3.76. The molecule has 0 aromatic carbocycles. The van der Waals surface area contributed by atoms with E-state index in [-0.39, 0.29) is 0 Å². The van der Waals surface area contributed by atoms with Crippen LogP contribution < -0.4 is 5.32 Å². The molecule has 1 aliphatic carbocycles. The zero-order chi connectivity index (χ0) is 12.8. The summed E-state index contributed by atoms with van der Waals surface area (Å²) in [6, 6.07) is 4.97. The van der Waals surface area contributed by atoms with E-state index in [4.69, 9.17) is 11.6 Å². The van der Waals surface area contributed by atoms with Gasteiger partial charge < -0.3 is 10.2 Å². The van der Waals surface area contributed by atoms with Gasteiger partial charge in [0.05, 0.1) is 4.34 Å². The van der Waals surface area contributed by atoms with Gasteiger partial charge in [0, 0.05) is 17.5 Å². The Bertz CT molecular complexity index is 349. The first kappa shape index (κ1) is 14.3. The molecule has 0 aliphatic heterocycles. The van der Waals surface area contributed by atoms with Crippen LogP contribution in [-0.4, -0.2) is 31.1 Å². The quantitative estimate of drug-likeness (QED) is 0.696. The van der Waals surface area contributed by atoms with Crippen molar-refractivity contribution in [2.45, 2.75) is 44.7 Å². The minimum Gasteiger partial charge on any atom is -0.314 e. The van der Waals surface area contributed by atoms with Crippen LogP contribution in [0.5, 0.6) is 0 Å². The van der Waals surface area contributed by atoms with Gasteiger partial charge >= 0.3 is 0 Å². The molecule has 1 fully saturated rings. The van der Waals surface area contributed by atoms with Crippen LogP contribution in [0, 0.1) is 0 Å². The molecule has 1 aromatic heterocycles. The maximum absolute atomic E-state index is 5.93. The van der Waals surface area contributed by atoms with Gasteiger partial charge in [0.1, 0.15) is 0 Å². The zero-order valence-electron chi connectivity index (χ0n) is 11.1. The van der Waals surface area contributed by atoms with E-state index in [2.05, 4.69) is 23.3 Å². The van der Waals surface area contributed by atoms with Gasteiger partial charge in [-0.15, -0.1) is 11.3 Å². The number of rotatable bonds is 9. The van der Waals surface area contributed by atoms with Crippen LogP contribution in [0.15, 0.2) is 12.1 Å². The minimum absolute atomic E-state index is 0.858. The van der Waals surface area contributed by atoms with Crippen molar-refractivity contribution in [1.82, 2.24) is 10.2 Å². The third kappa shape index (κ3) is 5.70. The van der Waals surface area contributed by atoms with E-state index >= 15 is 0 Å². The van der Waals surface area contributed by atoms with E-state index in [0.717, 1.165) is 16.9 Å². The summed E-state index contributed by atoms with van der Waals surface area (Å²) >= 11 is 7.62. The maximum atomic E-state index is 5.93. The lowest BCUT2D eigenvalue weighted by molar-refractivity contribution is 0.319. The molecular weight excluding hydrogens is 264 g/mol. The Morgan fingerprint density at radius 1 is 1.33 bits per heavy atom. The third-order valence-corrected chi connectivity index (χ3v) is 4.50. The van der Waals surface area contributed by atoms with Crippen molar-refractivity contribution in [2.24, 2.45) is 0 Å². The van der Waals surface area contributed by atoms with Crippen LogP contribution in [-0.2, 0) is 6.54 Å². The van der Waals surface area contributed by atoms with Crippen LogP contribution in [0.25, 0.3) is 0 Å². The largest absolute Gasteiger partial charge is 0.314 e. The maximum Gasteiger partial charge on any atom is 0.0931 e. The molecule has 0 bridgehead atoms. The Morgan fingerprint density at radius 2 is 2.17 bits per heavy atom. The summed E-state index contributed by atoms with van der Waals surface area (Å²) in [7, 11) is 2.19. The van der Waals surface area contributed by atoms with Crippen LogP contribution in [0.4, 0.5) is 0 Å². The summed E-state index contributed by atoms with van der Waals surface area (Å²) in [4.78, 5) is 3.74. The van der Waals surface area contributed by atoms with E-state index in [1.165, 1.54) is 50.1 Å². The first-order chi connectivity index (χ1) is 8.74. The fourth-order valence-electron chi connectivity index (χ4n) is 2.06. The Morgan fingerprint density at radius 3 is 2.83 bits per heavy atom. The number of hydrogen-bond donors (Lipinski definition) is 1. The third-order valence-electron chi connectivity index (χ3n) is 3.28. The average molecular weight is 287 g/mol. The van der Waals surface area contributed by atoms with Crippen molar-refractivity contribution in [1.29, 1.82) is 0 Å². The highest BCUT2D eigenvalue weighted by atomic mass is 35.5. The molecule has 0 saturated heterocycles. The van der Waals surface area contributed by atoms with E-state index in [1.807, 2.05) is 6.07 Å². The second kappa shape index (κ2) is 7.49. The molecule has 0 amide bonds. The number of thiophene rings is 1. The molecule has 1 aromatic rings. The van der Waals surface area contributed by atoms with Crippen LogP contribution in [0.2, 0.25) is 4.34 Å². The second-order valence-corrected chi connectivity index (χ2v) is 7.03. The van der Waals surface area contributed by atoms with Crippen molar-refractivity contribution >= 4 is 22.9 Å². The monoisotopic (exact) mass is 286 g/mol. The van der Waals surface area contributed by atoms with E-state index in [1.54, 1.807) is 11.3 Å². The summed E-state index contributed by atoms with van der Waals surface area (Å²) in [6.45, 7) is 3.41. The van der Waals surface area contributed by atoms with E-state index in [9.17, 15) is 0 Å². The number of unbranched alkanes of at least 4 members (excludes halogenated alkanes) is 2. The van der Waals surface area contributed by atoms with Crippen molar-refractivity contribution in [3.8, 4) is 0 Å². The highest BCUT2D eigenvalue weighted by Gasteiger charge is 2.19. The van der Waals surface area contributed by atoms with Crippen molar-refractivity contribution in [3.05, 3.63) is 21.3 Å². The summed E-state index contributed by atoms with van der Waals surface area (Å²) in [6.07, 6.45) is 6.73. The molecule has 1 N–H and O–H groups in total. The molecule has 4 heteroatoms. The van der Waals surface area contributed by atoms with Gasteiger partial charge in [-0.25, -0.2) is 0 Å². The second-order valence-electron chi connectivity index (χ2n) is 5.23. The molecule has 18 heavy (non-hydrogen) atoms. The van der Waals surface area contributed by atoms with Gasteiger partial charge in [0.2, 0.25) is 0 Å². The lowest BCUT2D eigenvalue weighted by Crippen LogP contribution is -2.20. The highest BCUT2D eigenvalue weighted by Crippen LogP contribution is 2.22. The minimum atomic E-state index is 0.858. The molecule has 0 atom stereocenters. The topological polar surface area (TPSA) is 15.3 Å². The highest BCUT2D eigenvalue weighted by molar-refractivity contribution is 7.16. The lowest BCUT2D eigenvalue weighted by atomic mass is 10.2. The van der Waals surface area contributed by atoms with Crippen LogP contribution in [0.3, 0.4) is 0 Å². The molecule has 0 radical (unpaired) electrons. The molecule has 0 spiro atoms. The number of nitrogens with one attached hydrogen (secondary N) is 1.